The van der Waals surface area contributed by atoms with Gasteiger partial charge in [0.2, 0.25) is 0 Å². The highest BCUT2D eigenvalue weighted by molar-refractivity contribution is 7.19. The first-order valence-corrected chi connectivity index (χ1v) is 6.11. The van der Waals surface area contributed by atoms with Gasteiger partial charge in [-0.25, -0.2) is 0 Å². The SMILES string of the molecule is CC(C)n1cc(C=O)c(-c2ccc(Cl)s2)n1. The molecule has 2 aromatic rings. The van der Waals surface area contributed by atoms with Crippen LogP contribution in [-0.2, 0) is 0 Å². The molecule has 84 valence electrons. The van der Waals surface area contributed by atoms with Crippen LogP contribution in [0, 0.1) is 0 Å². The Morgan fingerprint density at radius 1 is 1.50 bits per heavy atom. The summed E-state index contributed by atoms with van der Waals surface area (Å²) in [6.07, 6.45) is 2.59. The van der Waals surface area contributed by atoms with Crippen molar-refractivity contribution < 1.29 is 4.79 Å². The second kappa shape index (κ2) is 4.39. The predicted molar refractivity (Wildman–Crippen MR) is 66.3 cm³/mol. The van der Waals surface area contributed by atoms with E-state index < -0.39 is 0 Å². The summed E-state index contributed by atoms with van der Waals surface area (Å²) in [5, 5.41) is 4.40. The summed E-state index contributed by atoms with van der Waals surface area (Å²) in [7, 11) is 0. The number of carbonyl (C=O) groups is 1. The summed E-state index contributed by atoms with van der Waals surface area (Å²) in [5.41, 5.74) is 1.31. The van der Waals surface area contributed by atoms with E-state index in [0.29, 0.717) is 15.6 Å². The number of rotatable bonds is 3. The Bertz CT molecular complexity index is 516. The Balaban J connectivity index is 2.51. The van der Waals surface area contributed by atoms with Crippen molar-refractivity contribution in [1.82, 2.24) is 9.78 Å². The third kappa shape index (κ3) is 2.03. The van der Waals surface area contributed by atoms with Gasteiger partial charge in [-0.3, -0.25) is 9.48 Å². The van der Waals surface area contributed by atoms with E-state index in [9.17, 15) is 4.79 Å². The lowest BCUT2D eigenvalue weighted by atomic mass is 10.2. The van der Waals surface area contributed by atoms with Crippen LogP contribution in [0.25, 0.3) is 10.6 Å². The minimum atomic E-state index is 0.239. The molecule has 0 aromatic carbocycles. The van der Waals surface area contributed by atoms with Crippen LogP contribution in [0.2, 0.25) is 4.34 Å². The standard InChI is InChI=1S/C11H11ClN2OS/c1-7(2)14-5-8(6-15)11(13-14)9-3-4-10(12)16-9/h3-7H,1-2H3. The van der Waals surface area contributed by atoms with E-state index >= 15 is 0 Å². The fourth-order valence-electron chi connectivity index (χ4n) is 1.39. The number of hydrogen-bond acceptors (Lipinski definition) is 3. The van der Waals surface area contributed by atoms with E-state index in [0.717, 1.165) is 11.2 Å². The summed E-state index contributed by atoms with van der Waals surface area (Å²) >= 11 is 7.30. The van der Waals surface area contributed by atoms with E-state index in [4.69, 9.17) is 11.6 Å². The van der Waals surface area contributed by atoms with Gasteiger partial charge >= 0.3 is 0 Å². The molecule has 2 heterocycles. The van der Waals surface area contributed by atoms with Crippen molar-refractivity contribution in [2.24, 2.45) is 0 Å². The molecule has 0 aliphatic heterocycles. The first kappa shape index (κ1) is 11.4. The van der Waals surface area contributed by atoms with Gasteiger partial charge in [-0.05, 0) is 26.0 Å². The quantitative estimate of drug-likeness (QED) is 0.784. The van der Waals surface area contributed by atoms with E-state index in [-0.39, 0.29) is 6.04 Å². The normalized spacial score (nSPS) is 11.0. The lowest BCUT2D eigenvalue weighted by Crippen LogP contribution is -2.00. The van der Waals surface area contributed by atoms with Gasteiger partial charge in [-0.15, -0.1) is 11.3 Å². The smallest absolute Gasteiger partial charge is 0.153 e. The van der Waals surface area contributed by atoms with Crippen molar-refractivity contribution in [3.05, 3.63) is 28.2 Å². The maximum Gasteiger partial charge on any atom is 0.153 e. The van der Waals surface area contributed by atoms with Gasteiger partial charge in [0, 0.05) is 12.2 Å². The molecule has 3 nitrogen and oxygen atoms in total. The molecule has 0 N–H and O–H groups in total. The van der Waals surface area contributed by atoms with Crippen molar-refractivity contribution in [1.29, 1.82) is 0 Å². The van der Waals surface area contributed by atoms with Gasteiger partial charge in [0.25, 0.3) is 0 Å². The van der Waals surface area contributed by atoms with Crippen molar-refractivity contribution in [2.75, 3.05) is 0 Å². The summed E-state index contributed by atoms with van der Waals surface area (Å²) < 4.78 is 2.48. The fraction of sp³-hybridized carbons (Fsp3) is 0.273. The number of hydrogen-bond donors (Lipinski definition) is 0. The molecule has 0 radical (unpaired) electrons. The number of carbonyl (C=O) groups excluding carboxylic acids is 1. The minimum Gasteiger partial charge on any atom is -0.298 e. The largest absolute Gasteiger partial charge is 0.298 e. The number of aldehydes is 1. The Kier molecular flexibility index (Phi) is 3.12. The van der Waals surface area contributed by atoms with Gasteiger partial charge in [0.05, 0.1) is 14.8 Å². The number of thiophene rings is 1. The van der Waals surface area contributed by atoms with Crippen LogP contribution in [0.4, 0.5) is 0 Å². The maximum absolute atomic E-state index is 11.0. The third-order valence-electron chi connectivity index (χ3n) is 2.22. The molecule has 0 spiro atoms. The zero-order chi connectivity index (χ0) is 11.7. The molecule has 2 rings (SSSR count). The van der Waals surface area contributed by atoms with Gasteiger partial charge in [0.15, 0.2) is 6.29 Å². The molecule has 5 heteroatoms. The number of nitrogens with zero attached hydrogens (tertiary/aromatic N) is 2. The van der Waals surface area contributed by atoms with Gasteiger partial charge in [-0.1, -0.05) is 11.6 Å². The van der Waals surface area contributed by atoms with Gasteiger partial charge < -0.3 is 0 Å². The molecule has 0 bridgehead atoms. The maximum atomic E-state index is 11.0. The highest BCUT2D eigenvalue weighted by Gasteiger charge is 2.13. The summed E-state index contributed by atoms with van der Waals surface area (Å²) in [6.45, 7) is 4.04. The molecular formula is C11H11ClN2OS. The van der Waals surface area contributed by atoms with Crippen LogP contribution in [0.3, 0.4) is 0 Å². The average Bonchev–Trinajstić information content (AvgIpc) is 2.82. The summed E-state index contributed by atoms with van der Waals surface area (Å²) in [6, 6.07) is 3.93. The van der Waals surface area contributed by atoms with Crippen LogP contribution in [0.15, 0.2) is 18.3 Å². The summed E-state index contributed by atoms with van der Waals surface area (Å²) in [5.74, 6) is 0. The number of halogens is 1. The van der Waals surface area contributed by atoms with Crippen LogP contribution in [-0.4, -0.2) is 16.1 Å². The van der Waals surface area contributed by atoms with Crippen LogP contribution >= 0.6 is 22.9 Å². The summed E-state index contributed by atoms with van der Waals surface area (Å²) in [4.78, 5) is 11.9. The second-order valence-electron chi connectivity index (χ2n) is 3.73. The molecule has 0 atom stereocenters. The molecular weight excluding hydrogens is 244 g/mol. The van der Waals surface area contributed by atoms with Crippen molar-refractivity contribution >= 4 is 29.2 Å². The first-order chi connectivity index (χ1) is 7.61. The Morgan fingerprint density at radius 2 is 2.25 bits per heavy atom. The Labute approximate surface area is 103 Å². The lowest BCUT2D eigenvalue weighted by molar-refractivity contribution is 0.112. The fourth-order valence-corrected chi connectivity index (χ4v) is 2.44. The lowest BCUT2D eigenvalue weighted by Gasteiger charge is -2.02. The minimum absolute atomic E-state index is 0.239. The van der Waals surface area contributed by atoms with E-state index in [1.807, 2.05) is 26.0 Å². The highest BCUT2D eigenvalue weighted by Crippen LogP contribution is 2.31. The first-order valence-electron chi connectivity index (χ1n) is 4.92. The van der Waals surface area contributed by atoms with Crippen molar-refractivity contribution in [3.63, 3.8) is 0 Å². The monoisotopic (exact) mass is 254 g/mol. The molecule has 0 saturated carbocycles. The van der Waals surface area contributed by atoms with Crippen LogP contribution < -0.4 is 0 Å². The molecule has 0 amide bonds. The molecule has 0 saturated heterocycles. The van der Waals surface area contributed by atoms with E-state index in [1.54, 1.807) is 10.9 Å². The Morgan fingerprint density at radius 3 is 2.75 bits per heavy atom. The highest BCUT2D eigenvalue weighted by atomic mass is 35.5. The zero-order valence-corrected chi connectivity index (χ0v) is 10.5. The van der Waals surface area contributed by atoms with Crippen molar-refractivity contribution in [3.8, 4) is 10.6 Å². The Hall–Kier alpha value is -1.13. The molecule has 0 unspecified atom stereocenters. The van der Waals surface area contributed by atoms with Crippen LogP contribution in [0.1, 0.15) is 30.2 Å². The molecule has 0 aliphatic rings. The average molecular weight is 255 g/mol. The predicted octanol–water partition coefficient (Wildman–Crippen LogP) is 3.66. The van der Waals surface area contributed by atoms with E-state index in [1.165, 1.54) is 11.3 Å². The van der Waals surface area contributed by atoms with Crippen LogP contribution in [0.5, 0.6) is 0 Å². The third-order valence-corrected chi connectivity index (χ3v) is 3.46. The molecule has 0 aliphatic carbocycles. The van der Waals surface area contributed by atoms with E-state index in [2.05, 4.69) is 5.10 Å². The topological polar surface area (TPSA) is 34.9 Å². The molecule has 0 fully saturated rings. The zero-order valence-electron chi connectivity index (χ0n) is 8.98. The molecule has 16 heavy (non-hydrogen) atoms. The molecule has 2 aromatic heterocycles. The van der Waals surface area contributed by atoms with Crippen molar-refractivity contribution in [2.45, 2.75) is 19.9 Å². The van der Waals surface area contributed by atoms with Gasteiger partial charge in [-0.2, -0.15) is 5.10 Å². The number of aromatic nitrogens is 2. The second-order valence-corrected chi connectivity index (χ2v) is 5.44. The van der Waals surface area contributed by atoms with Gasteiger partial charge in [0.1, 0.15) is 5.69 Å².